The van der Waals surface area contributed by atoms with Crippen LogP contribution in [0.1, 0.15) is 55.5 Å². The molecule has 7 aromatic rings. The molecule has 1 nitrogen and oxygen atoms in total. The standard InChI is InChI=1S/C43H35N/c1-26-14-16-27(17-15-26)28-18-20-29(21-19-28)44-40-24-38-32(30-10-6-8-12-36(30)42(38,2)3)22-34(40)35-23-33-31-11-7-9-13-37(31)43(4,5)39(33)25-41(35)44/h6-25H,1-5H3. The van der Waals surface area contributed by atoms with E-state index in [2.05, 4.69) is 161 Å². The second-order valence-corrected chi connectivity index (χ2v) is 13.9. The van der Waals surface area contributed by atoms with Crippen molar-refractivity contribution in [2.75, 3.05) is 0 Å². The summed E-state index contributed by atoms with van der Waals surface area (Å²) in [4.78, 5) is 0. The van der Waals surface area contributed by atoms with Crippen LogP contribution in [0.2, 0.25) is 0 Å². The maximum Gasteiger partial charge on any atom is 0.0544 e. The lowest BCUT2D eigenvalue weighted by atomic mass is 9.82. The molecule has 1 heteroatoms. The quantitative estimate of drug-likeness (QED) is 0.196. The molecule has 0 N–H and O–H groups in total. The molecule has 0 unspecified atom stereocenters. The Morgan fingerprint density at radius 2 is 0.864 bits per heavy atom. The Hall–Kier alpha value is -4.88. The van der Waals surface area contributed by atoms with Crippen LogP contribution >= 0.6 is 0 Å². The molecule has 0 radical (unpaired) electrons. The van der Waals surface area contributed by atoms with E-state index in [9.17, 15) is 0 Å². The van der Waals surface area contributed by atoms with Gasteiger partial charge in [0.15, 0.2) is 0 Å². The van der Waals surface area contributed by atoms with E-state index in [0.29, 0.717) is 0 Å². The van der Waals surface area contributed by atoms with Crippen molar-refractivity contribution in [2.24, 2.45) is 0 Å². The zero-order valence-electron chi connectivity index (χ0n) is 26.0. The summed E-state index contributed by atoms with van der Waals surface area (Å²) in [6.07, 6.45) is 0. The minimum atomic E-state index is -0.0562. The summed E-state index contributed by atoms with van der Waals surface area (Å²) in [7, 11) is 0. The first-order valence-electron chi connectivity index (χ1n) is 15.8. The van der Waals surface area contributed by atoms with Crippen molar-refractivity contribution in [1.82, 2.24) is 4.57 Å². The van der Waals surface area contributed by atoms with Crippen molar-refractivity contribution in [3.63, 3.8) is 0 Å². The summed E-state index contributed by atoms with van der Waals surface area (Å²) in [5.41, 5.74) is 18.5. The molecular formula is C43H35N. The predicted molar refractivity (Wildman–Crippen MR) is 186 cm³/mol. The minimum absolute atomic E-state index is 0.0562. The number of fused-ring (bicyclic) bond motifs is 9. The molecule has 1 aromatic heterocycles. The summed E-state index contributed by atoms with van der Waals surface area (Å²) in [6.45, 7) is 11.6. The van der Waals surface area contributed by atoms with Crippen LogP contribution in [0.3, 0.4) is 0 Å². The molecule has 2 aliphatic rings. The molecule has 0 saturated carbocycles. The highest BCUT2D eigenvalue weighted by molar-refractivity contribution is 6.13. The summed E-state index contributed by atoms with van der Waals surface area (Å²) in [6, 6.07) is 45.8. The molecule has 0 bridgehead atoms. The van der Waals surface area contributed by atoms with Crippen LogP contribution in [0.15, 0.2) is 121 Å². The normalized spacial score (nSPS) is 15.3. The topological polar surface area (TPSA) is 4.93 Å². The monoisotopic (exact) mass is 565 g/mol. The molecule has 0 atom stereocenters. The van der Waals surface area contributed by atoms with E-state index in [1.54, 1.807) is 0 Å². The number of hydrogen-bond acceptors (Lipinski definition) is 0. The van der Waals surface area contributed by atoms with E-state index in [1.807, 2.05) is 0 Å². The van der Waals surface area contributed by atoms with Crippen LogP contribution < -0.4 is 0 Å². The van der Waals surface area contributed by atoms with Gasteiger partial charge in [-0.05, 0) is 99.0 Å². The van der Waals surface area contributed by atoms with Gasteiger partial charge in [-0.2, -0.15) is 0 Å². The number of aryl methyl sites for hydroxylation is 1. The number of benzene rings is 6. The molecule has 0 aliphatic heterocycles. The van der Waals surface area contributed by atoms with Gasteiger partial charge < -0.3 is 4.57 Å². The average molecular weight is 566 g/mol. The highest BCUT2D eigenvalue weighted by atomic mass is 15.0. The third kappa shape index (κ3) is 3.30. The molecule has 6 aromatic carbocycles. The van der Waals surface area contributed by atoms with E-state index >= 15 is 0 Å². The van der Waals surface area contributed by atoms with Crippen LogP contribution in [0, 0.1) is 6.92 Å². The number of hydrogen-bond donors (Lipinski definition) is 0. The summed E-state index contributed by atoms with van der Waals surface area (Å²) >= 11 is 0. The average Bonchev–Trinajstić information content (AvgIpc) is 3.56. The molecular weight excluding hydrogens is 530 g/mol. The van der Waals surface area contributed by atoms with Gasteiger partial charge in [0.2, 0.25) is 0 Å². The van der Waals surface area contributed by atoms with Gasteiger partial charge in [0.25, 0.3) is 0 Å². The van der Waals surface area contributed by atoms with Crippen LogP contribution in [0.4, 0.5) is 0 Å². The molecule has 9 rings (SSSR count). The Balaban J connectivity index is 1.35. The third-order valence-corrected chi connectivity index (χ3v) is 10.7. The number of aromatic nitrogens is 1. The Morgan fingerprint density at radius 3 is 1.34 bits per heavy atom. The second kappa shape index (κ2) is 8.61. The summed E-state index contributed by atoms with van der Waals surface area (Å²) in [5, 5.41) is 2.64. The molecule has 212 valence electrons. The Bertz CT molecular complexity index is 2190. The van der Waals surface area contributed by atoms with Crippen molar-refractivity contribution in [3.05, 3.63) is 149 Å². The minimum Gasteiger partial charge on any atom is -0.309 e. The van der Waals surface area contributed by atoms with Crippen molar-refractivity contribution >= 4 is 21.8 Å². The molecule has 0 fully saturated rings. The smallest absolute Gasteiger partial charge is 0.0544 e. The second-order valence-electron chi connectivity index (χ2n) is 13.9. The van der Waals surface area contributed by atoms with Crippen LogP contribution in [-0.4, -0.2) is 4.57 Å². The number of rotatable bonds is 2. The first-order valence-corrected chi connectivity index (χ1v) is 15.8. The fraction of sp³-hybridized carbons (Fsp3) is 0.163. The van der Waals surface area contributed by atoms with E-state index < -0.39 is 0 Å². The Kier molecular flexibility index (Phi) is 5.01. The zero-order chi connectivity index (χ0) is 30.0. The zero-order valence-corrected chi connectivity index (χ0v) is 26.0. The van der Waals surface area contributed by atoms with Crippen LogP contribution in [0.5, 0.6) is 0 Å². The summed E-state index contributed by atoms with van der Waals surface area (Å²) in [5.74, 6) is 0. The first-order chi connectivity index (χ1) is 21.2. The lowest BCUT2D eigenvalue weighted by molar-refractivity contribution is 0.660. The van der Waals surface area contributed by atoms with Gasteiger partial charge in [0, 0.05) is 27.3 Å². The van der Waals surface area contributed by atoms with E-state index in [1.165, 1.54) is 88.7 Å². The predicted octanol–water partition coefficient (Wildman–Crippen LogP) is 11.4. The van der Waals surface area contributed by atoms with Gasteiger partial charge in [-0.15, -0.1) is 0 Å². The van der Waals surface area contributed by atoms with E-state index in [0.717, 1.165) is 0 Å². The molecule has 0 amide bonds. The van der Waals surface area contributed by atoms with Gasteiger partial charge in [0.05, 0.1) is 11.0 Å². The lowest BCUT2D eigenvalue weighted by Crippen LogP contribution is -2.15. The fourth-order valence-electron chi connectivity index (χ4n) is 8.23. The molecule has 0 spiro atoms. The molecule has 2 aliphatic carbocycles. The summed E-state index contributed by atoms with van der Waals surface area (Å²) < 4.78 is 2.52. The molecule has 44 heavy (non-hydrogen) atoms. The molecule has 0 saturated heterocycles. The van der Waals surface area contributed by atoms with Gasteiger partial charge in [-0.25, -0.2) is 0 Å². The van der Waals surface area contributed by atoms with Crippen molar-refractivity contribution in [2.45, 2.75) is 45.4 Å². The van der Waals surface area contributed by atoms with Gasteiger partial charge >= 0.3 is 0 Å². The van der Waals surface area contributed by atoms with Crippen LogP contribution in [0.25, 0.3) is 60.9 Å². The van der Waals surface area contributed by atoms with Gasteiger partial charge in [-0.1, -0.05) is 118 Å². The number of nitrogens with zero attached hydrogens (tertiary/aromatic N) is 1. The van der Waals surface area contributed by atoms with Gasteiger partial charge in [-0.3, -0.25) is 0 Å². The third-order valence-electron chi connectivity index (χ3n) is 10.7. The maximum absolute atomic E-state index is 2.52. The SMILES string of the molecule is Cc1ccc(-c2ccc(-n3c4cc5c(cc4c4cc6c(cc43)C(C)(C)c3ccccc3-6)-c3ccccc3C5(C)C)cc2)cc1. The maximum atomic E-state index is 2.52. The highest BCUT2D eigenvalue weighted by Gasteiger charge is 2.38. The van der Waals surface area contributed by atoms with Crippen molar-refractivity contribution in [1.29, 1.82) is 0 Å². The molecule has 1 heterocycles. The Labute approximate surface area is 259 Å². The van der Waals surface area contributed by atoms with Crippen molar-refractivity contribution < 1.29 is 0 Å². The van der Waals surface area contributed by atoms with Crippen LogP contribution in [-0.2, 0) is 10.8 Å². The fourth-order valence-corrected chi connectivity index (χ4v) is 8.23. The van der Waals surface area contributed by atoms with E-state index in [-0.39, 0.29) is 10.8 Å². The lowest BCUT2D eigenvalue weighted by Gasteiger charge is -2.22. The Morgan fingerprint density at radius 1 is 0.432 bits per heavy atom. The van der Waals surface area contributed by atoms with Crippen molar-refractivity contribution in [3.8, 4) is 39.1 Å². The van der Waals surface area contributed by atoms with Gasteiger partial charge in [0.1, 0.15) is 0 Å². The van der Waals surface area contributed by atoms with E-state index in [4.69, 9.17) is 0 Å². The highest BCUT2D eigenvalue weighted by Crippen LogP contribution is 2.53. The largest absolute Gasteiger partial charge is 0.309 e. The first kappa shape index (κ1) is 25.6.